The van der Waals surface area contributed by atoms with E-state index >= 15 is 0 Å². The molecular formula is C20H23ClN4O2S2. The van der Waals surface area contributed by atoms with Gasteiger partial charge in [0.25, 0.3) is 0 Å². The summed E-state index contributed by atoms with van der Waals surface area (Å²) in [4.78, 5) is 3.31. The highest BCUT2D eigenvalue weighted by atomic mass is 35.5. The molecule has 154 valence electrons. The minimum absolute atomic E-state index is 0.0809. The molecule has 0 saturated carbocycles. The fourth-order valence-electron chi connectivity index (χ4n) is 3.41. The van der Waals surface area contributed by atoms with E-state index in [9.17, 15) is 8.42 Å². The van der Waals surface area contributed by atoms with Gasteiger partial charge >= 0.3 is 0 Å². The summed E-state index contributed by atoms with van der Waals surface area (Å²) in [5.41, 5.74) is 1.55. The van der Waals surface area contributed by atoms with Crippen molar-refractivity contribution in [2.75, 3.05) is 31.1 Å². The molecule has 1 aliphatic heterocycles. The number of hydrogen-bond donors (Lipinski definition) is 0. The van der Waals surface area contributed by atoms with Crippen molar-refractivity contribution in [2.24, 2.45) is 0 Å². The first kappa shape index (κ1) is 20.4. The number of piperazine rings is 1. The molecule has 3 aromatic rings. The van der Waals surface area contributed by atoms with Crippen LogP contribution in [0.2, 0.25) is 5.02 Å². The highest BCUT2D eigenvalue weighted by molar-refractivity contribution is 7.89. The Hall–Kier alpha value is -1.87. The third-order valence-corrected chi connectivity index (χ3v) is 8.02. The predicted octanol–water partition coefficient (Wildman–Crippen LogP) is 4.36. The standard InChI is InChI=1S/C20H23ClN4O2S2/c1-15(2)25-14-19(20(22-25)18-7-4-12-28-18)29(26,27)24-10-8-23(9-11-24)17-6-3-5-16(21)13-17/h3-7,12-15H,8-11H2,1-2H3. The lowest BCUT2D eigenvalue weighted by Crippen LogP contribution is -2.48. The van der Waals surface area contributed by atoms with Crippen molar-refractivity contribution in [3.05, 3.63) is 53.0 Å². The van der Waals surface area contributed by atoms with Gasteiger partial charge in [0, 0.05) is 49.1 Å². The van der Waals surface area contributed by atoms with Crippen LogP contribution in [0.25, 0.3) is 10.6 Å². The van der Waals surface area contributed by atoms with Crippen LogP contribution in [0.5, 0.6) is 0 Å². The molecule has 3 heterocycles. The molecule has 0 radical (unpaired) electrons. The SMILES string of the molecule is CC(C)n1cc(S(=O)(=O)N2CCN(c3cccc(Cl)c3)CC2)c(-c2cccs2)n1. The summed E-state index contributed by atoms with van der Waals surface area (Å²) < 4.78 is 30.2. The van der Waals surface area contributed by atoms with Gasteiger partial charge < -0.3 is 4.90 Å². The zero-order valence-corrected chi connectivity index (χ0v) is 18.7. The van der Waals surface area contributed by atoms with Crippen molar-refractivity contribution in [1.29, 1.82) is 0 Å². The van der Waals surface area contributed by atoms with Gasteiger partial charge in [-0.3, -0.25) is 4.68 Å². The third-order valence-electron chi connectivity index (χ3n) is 5.01. The Labute approximate surface area is 180 Å². The molecule has 0 atom stereocenters. The van der Waals surface area contributed by atoms with Gasteiger partial charge in [-0.1, -0.05) is 23.7 Å². The number of aromatic nitrogens is 2. The Bertz CT molecular complexity index is 1090. The van der Waals surface area contributed by atoms with E-state index in [0.29, 0.717) is 36.9 Å². The fourth-order valence-corrected chi connectivity index (χ4v) is 5.94. The molecule has 0 spiro atoms. The molecule has 2 aromatic heterocycles. The second-order valence-electron chi connectivity index (χ2n) is 7.26. The molecule has 0 amide bonds. The van der Waals surface area contributed by atoms with E-state index in [2.05, 4.69) is 10.00 Å². The Morgan fingerprint density at radius 3 is 2.48 bits per heavy atom. The topological polar surface area (TPSA) is 58.4 Å². The van der Waals surface area contributed by atoms with Gasteiger partial charge in [0.15, 0.2) is 0 Å². The fraction of sp³-hybridized carbons (Fsp3) is 0.350. The summed E-state index contributed by atoms with van der Waals surface area (Å²) in [6.07, 6.45) is 1.67. The summed E-state index contributed by atoms with van der Waals surface area (Å²) >= 11 is 7.60. The van der Waals surface area contributed by atoms with Gasteiger partial charge in [-0.2, -0.15) is 9.40 Å². The van der Waals surface area contributed by atoms with Gasteiger partial charge in [-0.05, 0) is 43.5 Å². The Balaban J connectivity index is 1.60. The molecule has 1 aromatic carbocycles. The van der Waals surface area contributed by atoms with Crippen LogP contribution in [-0.4, -0.2) is 48.7 Å². The van der Waals surface area contributed by atoms with E-state index < -0.39 is 10.0 Å². The summed E-state index contributed by atoms with van der Waals surface area (Å²) in [6, 6.07) is 11.6. The summed E-state index contributed by atoms with van der Waals surface area (Å²) in [5, 5.41) is 7.20. The third kappa shape index (κ3) is 4.07. The van der Waals surface area contributed by atoms with E-state index in [0.717, 1.165) is 10.6 Å². The first-order valence-electron chi connectivity index (χ1n) is 9.50. The summed E-state index contributed by atoms with van der Waals surface area (Å²) in [5.74, 6) is 0. The normalized spacial score (nSPS) is 15.9. The van der Waals surface area contributed by atoms with E-state index in [-0.39, 0.29) is 10.9 Å². The van der Waals surface area contributed by atoms with Crippen molar-refractivity contribution >= 4 is 38.6 Å². The average Bonchev–Trinajstić information content (AvgIpc) is 3.38. The van der Waals surface area contributed by atoms with Gasteiger partial charge in [-0.15, -0.1) is 11.3 Å². The highest BCUT2D eigenvalue weighted by Gasteiger charge is 2.33. The van der Waals surface area contributed by atoms with Crippen LogP contribution in [0.3, 0.4) is 0 Å². The van der Waals surface area contributed by atoms with Crippen LogP contribution in [0.15, 0.2) is 52.9 Å². The molecule has 1 fully saturated rings. The number of thiophene rings is 1. The average molecular weight is 451 g/mol. The first-order valence-corrected chi connectivity index (χ1v) is 12.2. The highest BCUT2D eigenvalue weighted by Crippen LogP contribution is 2.33. The smallest absolute Gasteiger partial charge is 0.246 e. The van der Waals surface area contributed by atoms with Crippen molar-refractivity contribution in [3.63, 3.8) is 0 Å². The number of hydrogen-bond acceptors (Lipinski definition) is 5. The zero-order chi connectivity index (χ0) is 20.6. The zero-order valence-electron chi connectivity index (χ0n) is 16.3. The van der Waals surface area contributed by atoms with Crippen LogP contribution in [0.1, 0.15) is 19.9 Å². The molecule has 1 saturated heterocycles. The number of sulfonamides is 1. The second kappa shape index (κ2) is 8.10. The van der Waals surface area contributed by atoms with Crippen molar-refractivity contribution < 1.29 is 8.42 Å². The minimum Gasteiger partial charge on any atom is -0.369 e. The number of rotatable bonds is 5. The molecule has 6 nitrogen and oxygen atoms in total. The van der Waals surface area contributed by atoms with Gasteiger partial charge in [0.05, 0.1) is 4.88 Å². The van der Waals surface area contributed by atoms with Crippen molar-refractivity contribution in [1.82, 2.24) is 14.1 Å². The molecule has 0 bridgehead atoms. The maximum absolute atomic E-state index is 13.5. The van der Waals surface area contributed by atoms with E-state index in [4.69, 9.17) is 11.6 Å². The number of anilines is 1. The molecule has 29 heavy (non-hydrogen) atoms. The molecular weight excluding hydrogens is 428 g/mol. The lowest BCUT2D eigenvalue weighted by atomic mass is 10.2. The maximum Gasteiger partial charge on any atom is 0.246 e. The minimum atomic E-state index is -3.64. The second-order valence-corrected chi connectivity index (χ2v) is 10.6. The Morgan fingerprint density at radius 1 is 1.10 bits per heavy atom. The molecule has 0 N–H and O–H groups in total. The Kier molecular flexibility index (Phi) is 5.70. The molecule has 0 unspecified atom stereocenters. The van der Waals surface area contributed by atoms with Crippen LogP contribution in [0, 0.1) is 0 Å². The predicted molar refractivity (Wildman–Crippen MR) is 118 cm³/mol. The van der Waals surface area contributed by atoms with Crippen molar-refractivity contribution in [3.8, 4) is 10.6 Å². The summed E-state index contributed by atoms with van der Waals surface area (Å²) in [7, 11) is -3.64. The lowest BCUT2D eigenvalue weighted by Gasteiger charge is -2.35. The maximum atomic E-state index is 13.5. The molecule has 9 heteroatoms. The van der Waals surface area contributed by atoms with Crippen LogP contribution >= 0.6 is 22.9 Å². The van der Waals surface area contributed by atoms with Gasteiger partial charge in [0.2, 0.25) is 10.0 Å². The molecule has 0 aliphatic carbocycles. The number of benzene rings is 1. The largest absolute Gasteiger partial charge is 0.369 e. The molecule has 4 rings (SSSR count). The van der Waals surface area contributed by atoms with Crippen LogP contribution < -0.4 is 4.90 Å². The lowest BCUT2D eigenvalue weighted by molar-refractivity contribution is 0.385. The Morgan fingerprint density at radius 2 is 1.86 bits per heavy atom. The molecule has 1 aliphatic rings. The van der Waals surface area contributed by atoms with E-state index in [1.54, 1.807) is 15.2 Å². The van der Waals surface area contributed by atoms with Gasteiger partial charge in [-0.25, -0.2) is 8.42 Å². The van der Waals surface area contributed by atoms with Crippen molar-refractivity contribution in [2.45, 2.75) is 24.8 Å². The van der Waals surface area contributed by atoms with Crippen LogP contribution in [0.4, 0.5) is 5.69 Å². The van der Waals surface area contributed by atoms with E-state index in [1.165, 1.54) is 11.3 Å². The summed E-state index contributed by atoms with van der Waals surface area (Å²) in [6.45, 7) is 6.06. The van der Waals surface area contributed by atoms with Gasteiger partial charge in [0.1, 0.15) is 10.6 Å². The monoisotopic (exact) mass is 450 g/mol. The van der Waals surface area contributed by atoms with E-state index in [1.807, 2.05) is 55.6 Å². The number of halogens is 1. The number of nitrogens with zero attached hydrogens (tertiary/aromatic N) is 4. The first-order chi connectivity index (χ1) is 13.9. The van der Waals surface area contributed by atoms with Crippen LogP contribution in [-0.2, 0) is 10.0 Å². The quantitative estimate of drug-likeness (QED) is 0.579.